The fourth-order valence-electron chi connectivity index (χ4n) is 1.40. The number of rotatable bonds is 3. The van der Waals surface area contributed by atoms with Crippen molar-refractivity contribution in [2.24, 2.45) is 5.92 Å². The molecule has 0 unspecified atom stereocenters. The summed E-state index contributed by atoms with van der Waals surface area (Å²) < 4.78 is 6.04. The molecule has 0 saturated carbocycles. The van der Waals surface area contributed by atoms with Crippen LogP contribution in [0, 0.1) is 5.92 Å². The van der Waals surface area contributed by atoms with E-state index in [1.165, 1.54) is 0 Å². The van der Waals surface area contributed by atoms with E-state index < -0.39 is 0 Å². The number of carbonyl (C=O) groups excluding carboxylic acids is 1. The molecule has 0 aromatic heterocycles. The summed E-state index contributed by atoms with van der Waals surface area (Å²) in [6.45, 7) is 5.74. The van der Waals surface area contributed by atoms with Gasteiger partial charge in [0.05, 0.1) is 5.92 Å². The summed E-state index contributed by atoms with van der Waals surface area (Å²) in [5.41, 5.74) is 1.06. The third-order valence-electron chi connectivity index (χ3n) is 1.93. The predicted octanol–water partition coefficient (Wildman–Crippen LogP) is 2.32. The van der Waals surface area contributed by atoms with Crippen LogP contribution in [-0.2, 0) is 9.53 Å². The summed E-state index contributed by atoms with van der Waals surface area (Å²) >= 11 is 2.24. The fraction of sp³-hybridized carbons (Fsp3) is 0.667. The Bertz CT molecular complexity index is 201. The number of alkyl halides is 1. The molecule has 2 atom stereocenters. The highest BCUT2D eigenvalue weighted by Gasteiger charge is 2.33. The number of halogens is 1. The summed E-state index contributed by atoms with van der Waals surface area (Å²) in [5.74, 6) is 0.0296. The normalized spacial score (nSPS) is 28.7. The molecule has 0 amide bonds. The maximum atomic E-state index is 11.2. The van der Waals surface area contributed by atoms with Crippen molar-refractivity contribution in [3.05, 3.63) is 12.2 Å². The summed E-state index contributed by atoms with van der Waals surface area (Å²) in [7, 11) is 0. The molecule has 1 aliphatic rings. The number of ether oxygens (including phenoxy) is 1. The van der Waals surface area contributed by atoms with Gasteiger partial charge in [0.15, 0.2) is 0 Å². The number of hydrogen-bond acceptors (Lipinski definition) is 2. The monoisotopic (exact) mass is 280 g/mol. The van der Waals surface area contributed by atoms with Crippen molar-refractivity contribution in [3.63, 3.8) is 0 Å². The maximum Gasteiger partial charge on any atom is 0.309 e. The Morgan fingerprint density at radius 3 is 2.92 bits per heavy atom. The van der Waals surface area contributed by atoms with Gasteiger partial charge in [0.2, 0.25) is 0 Å². The van der Waals surface area contributed by atoms with Crippen LogP contribution in [0.4, 0.5) is 0 Å². The van der Waals surface area contributed by atoms with Crippen LogP contribution < -0.4 is 0 Å². The zero-order valence-corrected chi connectivity index (χ0v) is 9.34. The number of esters is 1. The second-order valence-corrected chi connectivity index (χ2v) is 4.19. The third-order valence-corrected chi connectivity index (χ3v) is 2.91. The van der Waals surface area contributed by atoms with Crippen LogP contribution in [0.5, 0.6) is 0 Å². The van der Waals surface area contributed by atoms with E-state index >= 15 is 0 Å². The molecule has 0 radical (unpaired) electrons. The van der Waals surface area contributed by atoms with Crippen molar-refractivity contribution in [2.45, 2.75) is 25.9 Å². The van der Waals surface area contributed by atoms with Crippen molar-refractivity contribution < 1.29 is 9.53 Å². The highest BCUT2D eigenvalue weighted by Crippen LogP contribution is 2.27. The summed E-state index contributed by atoms with van der Waals surface area (Å²) in [6, 6.07) is 0. The van der Waals surface area contributed by atoms with Gasteiger partial charge < -0.3 is 4.74 Å². The quantitative estimate of drug-likeness (QED) is 0.343. The summed E-state index contributed by atoms with van der Waals surface area (Å²) in [5, 5.41) is 0. The second kappa shape index (κ2) is 4.25. The van der Waals surface area contributed by atoms with Crippen LogP contribution in [0.25, 0.3) is 0 Å². The molecule has 1 aliphatic heterocycles. The lowest BCUT2D eigenvalue weighted by Crippen LogP contribution is -2.07. The van der Waals surface area contributed by atoms with Gasteiger partial charge in [0, 0.05) is 4.43 Å². The topological polar surface area (TPSA) is 26.3 Å². The van der Waals surface area contributed by atoms with Crippen LogP contribution >= 0.6 is 22.6 Å². The van der Waals surface area contributed by atoms with Crippen LogP contribution in [0.3, 0.4) is 0 Å². The van der Waals surface area contributed by atoms with E-state index in [-0.39, 0.29) is 18.0 Å². The van der Waals surface area contributed by atoms with Crippen molar-refractivity contribution in [1.29, 1.82) is 0 Å². The highest BCUT2D eigenvalue weighted by atomic mass is 127. The van der Waals surface area contributed by atoms with Gasteiger partial charge in [-0.1, -0.05) is 28.2 Å². The van der Waals surface area contributed by atoms with Gasteiger partial charge in [-0.05, 0) is 19.8 Å². The molecule has 1 heterocycles. The second-order valence-electron chi connectivity index (χ2n) is 3.31. The smallest absolute Gasteiger partial charge is 0.309 e. The molecule has 0 spiro atoms. The Balaban J connectivity index is 2.46. The molecule has 12 heavy (non-hydrogen) atoms. The largest absolute Gasteiger partial charge is 0.461 e. The Morgan fingerprint density at radius 2 is 2.50 bits per heavy atom. The van der Waals surface area contributed by atoms with Gasteiger partial charge in [-0.3, -0.25) is 4.79 Å². The maximum absolute atomic E-state index is 11.2. The first-order valence-electron chi connectivity index (χ1n) is 4.04. The Kier molecular flexibility index (Phi) is 3.55. The van der Waals surface area contributed by atoms with Crippen molar-refractivity contribution in [1.82, 2.24) is 0 Å². The third kappa shape index (κ3) is 2.47. The van der Waals surface area contributed by atoms with E-state index in [1.54, 1.807) is 0 Å². The first-order valence-corrected chi connectivity index (χ1v) is 5.57. The van der Waals surface area contributed by atoms with Gasteiger partial charge in [0.1, 0.15) is 6.10 Å². The molecular weight excluding hydrogens is 267 g/mol. The van der Waals surface area contributed by atoms with Crippen LogP contribution in [0.15, 0.2) is 12.2 Å². The fourth-order valence-corrected chi connectivity index (χ4v) is 1.94. The minimum Gasteiger partial charge on any atom is -0.461 e. The van der Waals surface area contributed by atoms with Crippen molar-refractivity contribution in [3.8, 4) is 0 Å². The zero-order valence-electron chi connectivity index (χ0n) is 7.18. The number of hydrogen-bond donors (Lipinski definition) is 0. The molecule has 3 heteroatoms. The van der Waals surface area contributed by atoms with Gasteiger partial charge >= 0.3 is 5.97 Å². The van der Waals surface area contributed by atoms with Crippen molar-refractivity contribution in [2.75, 3.05) is 4.43 Å². The SMILES string of the molecule is C=C(C)C[C@H]1C[C@@H](CI)OC1=O. The first-order chi connectivity index (χ1) is 5.63. The van der Waals surface area contributed by atoms with Gasteiger partial charge in [-0.2, -0.15) is 0 Å². The van der Waals surface area contributed by atoms with E-state index in [2.05, 4.69) is 29.2 Å². The molecule has 0 bridgehead atoms. The lowest BCUT2D eigenvalue weighted by molar-refractivity contribution is -0.143. The molecule has 68 valence electrons. The lowest BCUT2D eigenvalue weighted by Gasteiger charge is -2.02. The van der Waals surface area contributed by atoms with E-state index in [4.69, 9.17) is 4.74 Å². The summed E-state index contributed by atoms with van der Waals surface area (Å²) in [4.78, 5) is 11.2. The average Bonchev–Trinajstić information content (AvgIpc) is 2.31. The number of carbonyl (C=O) groups is 1. The molecule has 0 aliphatic carbocycles. The van der Waals surface area contributed by atoms with Gasteiger partial charge in [-0.25, -0.2) is 0 Å². The first kappa shape index (κ1) is 10.0. The van der Waals surface area contributed by atoms with Crippen molar-refractivity contribution >= 4 is 28.6 Å². The molecule has 0 aromatic rings. The Labute approximate surface area is 86.5 Å². The van der Waals surface area contributed by atoms with E-state index in [9.17, 15) is 4.79 Å². The summed E-state index contributed by atoms with van der Waals surface area (Å²) in [6.07, 6.45) is 1.79. The number of allylic oxidation sites excluding steroid dienone is 1. The molecule has 1 rings (SSSR count). The minimum absolute atomic E-state index is 0.0420. The predicted molar refractivity (Wildman–Crippen MR) is 56.3 cm³/mol. The van der Waals surface area contributed by atoms with Gasteiger partial charge in [-0.15, -0.1) is 6.58 Å². The molecule has 2 nitrogen and oxygen atoms in total. The molecule has 0 N–H and O–H groups in total. The van der Waals surface area contributed by atoms with E-state index in [1.807, 2.05) is 6.92 Å². The van der Waals surface area contributed by atoms with Crippen LogP contribution in [-0.4, -0.2) is 16.5 Å². The Hall–Kier alpha value is -0.0600. The molecular formula is C9H13IO2. The van der Waals surface area contributed by atoms with Gasteiger partial charge in [0.25, 0.3) is 0 Å². The Morgan fingerprint density at radius 1 is 1.83 bits per heavy atom. The zero-order chi connectivity index (χ0) is 9.14. The van der Waals surface area contributed by atoms with E-state index in [0.29, 0.717) is 0 Å². The molecule has 1 fully saturated rings. The van der Waals surface area contributed by atoms with Crippen LogP contribution in [0.1, 0.15) is 19.8 Å². The average molecular weight is 280 g/mol. The molecule has 1 saturated heterocycles. The highest BCUT2D eigenvalue weighted by molar-refractivity contribution is 14.1. The standard InChI is InChI=1S/C9H13IO2/c1-6(2)3-7-4-8(5-10)12-9(7)11/h7-8H,1,3-5H2,2H3/t7-,8-/m0/s1. The minimum atomic E-state index is -0.0420. The van der Waals surface area contributed by atoms with E-state index in [0.717, 1.165) is 22.8 Å². The number of cyclic esters (lactones) is 1. The lowest BCUT2D eigenvalue weighted by atomic mass is 9.98. The molecule has 0 aromatic carbocycles. The van der Waals surface area contributed by atoms with Crippen LogP contribution in [0.2, 0.25) is 0 Å².